The number of hydrogen-bond acceptors (Lipinski definition) is 4. The van der Waals surface area contributed by atoms with Gasteiger partial charge in [0, 0.05) is 12.6 Å². The van der Waals surface area contributed by atoms with Crippen LogP contribution >= 0.6 is 0 Å². The second-order valence-electron chi connectivity index (χ2n) is 4.28. The van der Waals surface area contributed by atoms with Crippen molar-refractivity contribution in [2.45, 2.75) is 25.9 Å². The van der Waals surface area contributed by atoms with Crippen LogP contribution in [0.5, 0.6) is 0 Å². The monoisotopic (exact) mass is 227 g/mol. The van der Waals surface area contributed by atoms with Crippen molar-refractivity contribution < 1.29 is 19.1 Å². The van der Waals surface area contributed by atoms with E-state index in [0.29, 0.717) is 18.9 Å². The van der Waals surface area contributed by atoms with E-state index in [-0.39, 0.29) is 11.1 Å². The molecule has 0 spiro atoms. The van der Waals surface area contributed by atoms with Crippen LogP contribution in [0.4, 0.5) is 0 Å². The molecule has 16 heavy (non-hydrogen) atoms. The number of methoxy groups -OCH3 is 1. The molecule has 0 radical (unpaired) electrons. The number of aromatic carboxylic acids is 1. The van der Waals surface area contributed by atoms with Gasteiger partial charge in [0.1, 0.15) is 12.0 Å². The summed E-state index contributed by atoms with van der Waals surface area (Å²) < 4.78 is 10.2. The lowest BCUT2D eigenvalue weighted by Gasteiger charge is -2.24. The summed E-state index contributed by atoms with van der Waals surface area (Å²) in [7, 11) is 1.64. The lowest BCUT2D eigenvalue weighted by Crippen LogP contribution is -2.42. The number of hydrogen-bond donors (Lipinski definition) is 2. The summed E-state index contributed by atoms with van der Waals surface area (Å²) in [6.07, 6.45) is 1.24. The number of ether oxygens (including phenoxy) is 1. The summed E-state index contributed by atoms with van der Waals surface area (Å²) >= 11 is 0. The first-order valence-electron chi connectivity index (χ1n) is 4.99. The zero-order chi connectivity index (χ0) is 12.2. The molecule has 1 aromatic rings. The minimum atomic E-state index is -0.980. The van der Waals surface area contributed by atoms with Crippen LogP contribution in [-0.2, 0) is 11.3 Å². The van der Waals surface area contributed by atoms with Crippen molar-refractivity contribution in [3.05, 3.63) is 23.7 Å². The zero-order valence-electron chi connectivity index (χ0n) is 9.74. The molecular weight excluding hydrogens is 210 g/mol. The number of furan rings is 1. The minimum Gasteiger partial charge on any atom is -0.478 e. The van der Waals surface area contributed by atoms with Crippen LogP contribution in [0.2, 0.25) is 0 Å². The highest BCUT2D eigenvalue weighted by atomic mass is 16.5. The largest absolute Gasteiger partial charge is 0.478 e. The second kappa shape index (κ2) is 5.14. The van der Waals surface area contributed by atoms with Crippen molar-refractivity contribution in [3.8, 4) is 0 Å². The van der Waals surface area contributed by atoms with Crippen molar-refractivity contribution in [3.63, 3.8) is 0 Å². The molecule has 1 rings (SSSR count). The summed E-state index contributed by atoms with van der Waals surface area (Å²) in [5.41, 5.74) is -0.00775. The molecule has 0 aliphatic heterocycles. The Balaban J connectivity index is 2.51. The number of carboxylic acids is 1. The van der Waals surface area contributed by atoms with Crippen LogP contribution in [0, 0.1) is 0 Å². The molecule has 1 heterocycles. The first-order valence-corrected chi connectivity index (χ1v) is 4.99. The fraction of sp³-hybridized carbons (Fsp3) is 0.545. The molecule has 0 fully saturated rings. The molecule has 0 aliphatic rings. The van der Waals surface area contributed by atoms with Crippen molar-refractivity contribution in [1.29, 1.82) is 0 Å². The van der Waals surface area contributed by atoms with E-state index < -0.39 is 5.97 Å². The Bertz CT molecular complexity index is 357. The fourth-order valence-electron chi connectivity index (χ4n) is 1.32. The standard InChI is InChI=1S/C11H17NO4/c1-11(2,7-15-3)12-5-9-4-8(6-16-9)10(13)14/h4,6,12H,5,7H2,1-3H3,(H,13,14). The topological polar surface area (TPSA) is 71.7 Å². The highest BCUT2D eigenvalue weighted by Crippen LogP contribution is 2.10. The maximum Gasteiger partial charge on any atom is 0.338 e. The highest BCUT2D eigenvalue weighted by Gasteiger charge is 2.17. The van der Waals surface area contributed by atoms with Crippen LogP contribution < -0.4 is 5.32 Å². The van der Waals surface area contributed by atoms with Crippen LogP contribution in [0.1, 0.15) is 30.0 Å². The Morgan fingerprint density at radius 1 is 1.62 bits per heavy atom. The maximum atomic E-state index is 10.6. The van der Waals surface area contributed by atoms with Gasteiger partial charge in [0.25, 0.3) is 0 Å². The summed E-state index contributed by atoms with van der Waals surface area (Å²) in [5.74, 6) is -0.382. The lowest BCUT2D eigenvalue weighted by molar-refractivity contribution is 0.0696. The van der Waals surface area contributed by atoms with E-state index in [9.17, 15) is 4.79 Å². The van der Waals surface area contributed by atoms with Crippen LogP contribution in [0.25, 0.3) is 0 Å². The maximum absolute atomic E-state index is 10.6. The predicted molar refractivity (Wildman–Crippen MR) is 58.5 cm³/mol. The molecule has 90 valence electrons. The van der Waals surface area contributed by atoms with Gasteiger partial charge in [-0.05, 0) is 19.9 Å². The predicted octanol–water partition coefficient (Wildman–Crippen LogP) is 1.49. The average molecular weight is 227 g/mol. The van der Waals surface area contributed by atoms with Crippen LogP contribution in [0.15, 0.2) is 16.7 Å². The van der Waals surface area contributed by atoms with Gasteiger partial charge in [-0.1, -0.05) is 0 Å². The average Bonchev–Trinajstić information content (AvgIpc) is 2.63. The molecule has 2 N–H and O–H groups in total. The number of rotatable bonds is 6. The van der Waals surface area contributed by atoms with Gasteiger partial charge in [0.05, 0.1) is 18.7 Å². The summed E-state index contributed by atoms with van der Waals surface area (Å²) in [5, 5.41) is 11.9. The Kier molecular flexibility index (Phi) is 4.09. The number of nitrogens with one attached hydrogen (secondary N) is 1. The molecule has 0 bridgehead atoms. The third kappa shape index (κ3) is 3.67. The molecule has 5 heteroatoms. The second-order valence-corrected chi connectivity index (χ2v) is 4.28. The summed E-state index contributed by atoms with van der Waals surface area (Å²) in [4.78, 5) is 10.6. The Labute approximate surface area is 94.4 Å². The Morgan fingerprint density at radius 2 is 2.31 bits per heavy atom. The van der Waals surface area contributed by atoms with E-state index in [4.69, 9.17) is 14.3 Å². The van der Waals surface area contributed by atoms with Crippen LogP contribution in [0.3, 0.4) is 0 Å². The van der Waals surface area contributed by atoms with Gasteiger partial charge < -0.3 is 19.6 Å². The molecule has 0 amide bonds. The fourth-order valence-corrected chi connectivity index (χ4v) is 1.32. The molecule has 0 unspecified atom stereocenters. The molecule has 0 aromatic carbocycles. The van der Waals surface area contributed by atoms with E-state index in [2.05, 4.69) is 5.32 Å². The van der Waals surface area contributed by atoms with Gasteiger partial charge in [-0.15, -0.1) is 0 Å². The molecule has 0 saturated heterocycles. The van der Waals surface area contributed by atoms with Gasteiger partial charge in [0.15, 0.2) is 0 Å². The number of carbonyl (C=O) groups is 1. The van der Waals surface area contributed by atoms with E-state index in [1.54, 1.807) is 7.11 Å². The van der Waals surface area contributed by atoms with E-state index >= 15 is 0 Å². The third-order valence-electron chi connectivity index (χ3n) is 2.15. The van der Waals surface area contributed by atoms with E-state index in [1.165, 1.54) is 12.3 Å². The normalized spacial score (nSPS) is 11.7. The van der Waals surface area contributed by atoms with Gasteiger partial charge in [-0.25, -0.2) is 4.79 Å². The SMILES string of the molecule is COCC(C)(C)NCc1cc(C(=O)O)co1. The van der Waals surface area contributed by atoms with Gasteiger partial charge in [-0.3, -0.25) is 0 Å². The molecule has 0 atom stereocenters. The highest BCUT2D eigenvalue weighted by molar-refractivity contribution is 5.87. The Morgan fingerprint density at radius 3 is 2.81 bits per heavy atom. The Hall–Kier alpha value is -1.33. The molecule has 0 saturated carbocycles. The number of carboxylic acid groups (broad SMARTS) is 1. The summed E-state index contributed by atoms with van der Waals surface area (Å²) in [6.45, 7) is 5.04. The van der Waals surface area contributed by atoms with Crippen molar-refractivity contribution in [2.75, 3.05) is 13.7 Å². The zero-order valence-corrected chi connectivity index (χ0v) is 9.74. The van der Waals surface area contributed by atoms with E-state index in [1.807, 2.05) is 13.8 Å². The van der Waals surface area contributed by atoms with Gasteiger partial charge in [-0.2, -0.15) is 0 Å². The van der Waals surface area contributed by atoms with Crippen molar-refractivity contribution in [2.24, 2.45) is 0 Å². The third-order valence-corrected chi connectivity index (χ3v) is 2.15. The van der Waals surface area contributed by atoms with Gasteiger partial charge >= 0.3 is 5.97 Å². The molecule has 5 nitrogen and oxygen atoms in total. The van der Waals surface area contributed by atoms with Gasteiger partial charge in [0.2, 0.25) is 0 Å². The lowest BCUT2D eigenvalue weighted by atomic mass is 10.1. The summed E-state index contributed by atoms with van der Waals surface area (Å²) in [6, 6.07) is 1.51. The van der Waals surface area contributed by atoms with Crippen molar-refractivity contribution >= 4 is 5.97 Å². The van der Waals surface area contributed by atoms with Crippen LogP contribution in [-0.4, -0.2) is 30.3 Å². The first-order chi connectivity index (χ1) is 7.44. The minimum absolute atomic E-state index is 0.168. The molecule has 0 aliphatic carbocycles. The van der Waals surface area contributed by atoms with E-state index in [0.717, 1.165) is 0 Å². The molecule has 1 aromatic heterocycles. The smallest absolute Gasteiger partial charge is 0.338 e. The van der Waals surface area contributed by atoms with Crippen molar-refractivity contribution in [1.82, 2.24) is 5.32 Å². The molecular formula is C11H17NO4. The quantitative estimate of drug-likeness (QED) is 0.770. The first kappa shape index (κ1) is 12.7.